The number of hydrogen-bond donors (Lipinski definition) is 1. The molecule has 1 aromatic heterocycles. The highest BCUT2D eigenvalue weighted by Crippen LogP contribution is 2.13. The van der Waals surface area contributed by atoms with Gasteiger partial charge in [-0.2, -0.15) is 4.98 Å². The average Bonchev–Trinajstić information content (AvgIpc) is 2.97. The van der Waals surface area contributed by atoms with Crippen LogP contribution in [-0.2, 0) is 11.2 Å². The van der Waals surface area contributed by atoms with Crippen LogP contribution in [0.25, 0.3) is 0 Å². The molecule has 0 saturated heterocycles. The van der Waals surface area contributed by atoms with Gasteiger partial charge in [0.25, 0.3) is 0 Å². The third-order valence-corrected chi connectivity index (χ3v) is 3.47. The number of nitrogens with zero attached hydrogens (tertiary/aromatic N) is 2. The minimum absolute atomic E-state index is 0.0182. The molecule has 0 aliphatic heterocycles. The SMILES string of the molecule is CC(C)c1noc(CCCC(=O)N[C@H](C)c2ccccc2)n1. The first kappa shape index (κ1) is 16.2. The summed E-state index contributed by atoms with van der Waals surface area (Å²) in [6, 6.07) is 9.95. The Morgan fingerprint density at radius 3 is 2.59 bits per heavy atom. The Morgan fingerprint density at radius 1 is 1.23 bits per heavy atom. The fourth-order valence-corrected chi connectivity index (χ4v) is 2.14. The van der Waals surface area contributed by atoms with E-state index in [1.807, 2.05) is 51.1 Å². The lowest BCUT2D eigenvalue weighted by Crippen LogP contribution is -2.26. The molecule has 22 heavy (non-hydrogen) atoms. The van der Waals surface area contributed by atoms with E-state index in [-0.39, 0.29) is 17.9 Å². The zero-order valence-electron chi connectivity index (χ0n) is 13.4. The molecule has 118 valence electrons. The molecule has 0 spiro atoms. The van der Waals surface area contributed by atoms with Crippen molar-refractivity contribution in [3.8, 4) is 0 Å². The van der Waals surface area contributed by atoms with Crippen LogP contribution in [0.5, 0.6) is 0 Å². The van der Waals surface area contributed by atoms with Gasteiger partial charge in [0.15, 0.2) is 5.82 Å². The molecule has 5 nitrogen and oxygen atoms in total. The lowest BCUT2D eigenvalue weighted by molar-refractivity contribution is -0.121. The highest BCUT2D eigenvalue weighted by atomic mass is 16.5. The maximum Gasteiger partial charge on any atom is 0.226 e. The number of aromatic nitrogens is 2. The fourth-order valence-electron chi connectivity index (χ4n) is 2.14. The smallest absolute Gasteiger partial charge is 0.226 e. The Hall–Kier alpha value is -2.17. The van der Waals surface area contributed by atoms with E-state index in [0.717, 1.165) is 11.4 Å². The van der Waals surface area contributed by atoms with Gasteiger partial charge in [-0.05, 0) is 18.9 Å². The first-order chi connectivity index (χ1) is 10.6. The third-order valence-electron chi connectivity index (χ3n) is 3.47. The van der Waals surface area contributed by atoms with Crippen molar-refractivity contribution in [1.82, 2.24) is 15.5 Å². The minimum atomic E-state index is 0.0182. The molecule has 0 radical (unpaired) electrons. The highest BCUT2D eigenvalue weighted by molar-refractivity contribution is 5.76. The molecule has 0 aliphatic rings. The number of aryl methyl sites for hydroxylation is 1. The molecule has 2 rings (SSSR count). The molecule has 1 heterocycles. The van der Waals surface area contributed by atoms with Crippen LogP contribution in [0.2, 0.25) is 0 Å². The Balaban J connectivity index is 1.73. The van der Waals surface area contributed by atoms with Gasteiger partial charge in [0.2, 0.25) is 11.8 Å². The zero-order valence-corrected chi connectivity index (χ0v) is 13.4. The van der Waals surface area contributed by atoms with Crippen LogP contribution < -0.4 is 5.32 Å². The topological polar surface area (TPSA) is 68.0 Å². The lowest BCUT2D eigenvalue weighted by Gasteiger charge is -2.13. The van der Waals surface area contributed by atoms with E-state index >= 15 is 0 Å². The highest BCUT2D eigenvalue weighted by Gasteiger charge is 2.12. The number of carbonyl (C=O) groups is 1. The molecule has 1 amide bonds. The van der Waals surface area contributed by atoms with Gasteiger partial charge in [-0.1, -0.05) is 49.3 Å². The van der Waals surface area contributed by atoms with Crippen molar-refractivity contribution in [3.63, 3.8) is 0 Å². The van der Waals surface area contributed by atoms with Crippen LogP contribution in [0, 0.1) is 0 Å². The molecular weight excluding hydrogens is 278 g/mol. The Kier molecular flexibility index (Phi) is 5.69. The third kappa shape index (κ3) is 4.69. The van der Waals surface area contributed by atoms with Crippen molar-refractivity contribution in [2.24, 2.45) is 0 Å². The molecule has 1 N–H and O–H groups in total. The molecule has 1 aromatic carbocycles. The van der Waals surface area contributed by atoms with Crippen LogP contribution in [0.4, 0.5) is 0 Å². The van der Waals surface area contributed by atoms with Crippen molar-refractivity contribution in [3.05, 3.63) is 47.6 Å². The number of carbonyl (C=O) groups excluding carboxylic acids is 1. The van der Waals surface area contributed by atoms with Gasteiger partial charge in [0.1, 0.15) is 0 Å². The summed E-state index contributed by atoms with van der Waals surface area (Å²) in [6.45, 7) is 6.03. The zero-order chi connectivity index (χ0) is 15.9. The van der Waals surface area contributed by atoms with E-state index in [2.05, 4.69) is 15.5 Å². The number of hydrogen-bond acceptors (Lipinski definition) is 4. The molecule has 2 aromatic rings. The van der Waals surface area contributed by atoms with Crippen LogP contribution in [0.3, 0.4) is 0 Å². The second kappa shape index (κ2) is 7.73. The largest absolute Gasteiger partial charge is 0.350 e. The van der Waals surface area contributed by atoms with Gasteiger partial charge < -0.3 is 9.84 Å². The molecular formula is C17H23N3O2. The van der Waals surface area contributed by atoms with Crippen LogP contribution in [0.1, 0.15) is 62.9 Å². The Bertz CT molecular complexity index is 593. The van der Waals surface area contributed by atoms with Crippen LogP contribution in [0.15, 0.2) is 34.9 Å². The Morgan fingerprint density at radius 2 is 1.95 bits per heavy atom. The normalized spacial score (nSPS) is 12.4. The maximum absolute atomic E-state index is 12.0. The maximum atomic E-state index is 12.0. The first-order valence-corrected chi connectivity index (χ1v) is 7.73. The Labute approximate surface area is 131 Å². The summed E-state index contributed by atoms with van der Waals surface area (Å²) in [7, 11) is 0. The van der Waals surface area contributed by atoms with Crippen molar-refractivity contribution >= 4 is 5.91 Å². The molecule has 0 bridgehead atoms. The van der Waals surface area contributed by atoms with Crippen molar-refractivity contribution < 1.29 is 9.32 Å². The minimum Gasteiger partial charge on any atom is -0.350 e. The van der Waals surface area contributed by atoms with Crippen LogP contribution >= 0.6 is 0 Å². The second-order valence-corrected chi connectivity index (χ2v) is 5.75. The predicted molar refractivity (Wildman–Crippen MR) is 84.3 cm³/mol. The summed E-state index contributed by atoms with van der Waals surface area (Å²) in [5.41, 5.74) is 1.11. The first-order valence-electron chi connectivity index (χ1n) is 7.73. The number of amides is 1. The quantitative estimate of drug-likeness (QED) is 0.851. The lowest BCUT2D eigenvalue weighted by atomic mass is 10.1. The number of benzene rings is 1. The predicted octanol–water partition coefficient (Wildman–Crippen LogP) is 3.39. The summed E-state index contributed by atoms with van der Waals surface area (Å²) >= 11 is 0. The standard InChI is InChI=1S/C17H23N3O2/c1-12(2)17-19-16(22-20-17)11-7-10-15(21)18-13(3)14-8-5-4-6-9-14/h4-6,8-9,12-13H,7,10-11H2,1-3H3,(H,18,21)/t13-/m1/s1. The second-order valence-electron chi connectivity index (χ2n) is 5.75. The van der Waals surface area contributed by atoms with Gasteiger partial charge >= 0.3 is 0 Å². The average molecular weight is 301 g/mol. The molecule has 0 saturated carbocycles. The van der Waals surface area contributed by atoms with Gasteiger partial charge in [0, 0.05) is 18.8 Å². The summed E-state index contributed by atoms with van der Waals surface area (Å²) < 4.78 is 5.17. The summed E-state index contributed by atoms with van der Waals surface area (Å²) in [5, 5.41) is 6.92. The van der Waals surface area contributed by atoms with E-state index in [1.165, 1.54) is 0 Å². The van der Waals surface area contributed by atoms with E-state index in [0.29, 0.717) is 25.2 Å². The summed E-state index contributed by atoms with van der Waals surface area (Å²) in [6.07, 6.45) is 1.79. The summed E-state index contributed by atoms with van der Waals surface area (Å²) in [5.74, 6) is 1.62. The van der Waals surface area contributed by atoms with E-state index < -0.39 is 0 Å². The molecule has 5 heteroatoms. The van der Waals surface area contributed by atoms with Gasteiger partial charge in [-0.3, -0.25) is 4.79 Å². The molecule has 0 fully saturated rings. The van der Waals surface area contributed by atoms with E-state index in [4.69, 9.17) is 4.52 Å². The monoisotopic (exact) mass is 301 g/mol. The molecule has 1 atom stereocenters. The van der Waals surface area contributed by atoms with Crippen molar-refractivity contribution in [2.75, 3.05) is 0 Å². The van der Waals surface area contributed by atoms with E-state index in [9.17, 15) is 4.79 Å². The van der Waals surface area contributed by atoms with Gasteiger partial charge in [-0.15, -0.1) is 0 Å². The number of nitrogens with one attached hydrogen (secondary N) is 1. The van der Waals surface area contributed by atoms with Crippen molar-refractivity contribution in [2.45, 2.75) is 52.0 Å². The van der Waals surface area contributed by atoms with E-state index in [1.54, 1.807) is 0 Å². The van der Waals surface area contributed by atoms with Gasteiger partial charge in [-0.25, -0.2) is 0 Å². The molecule has 0 aliphatic carbocycles. The van der Waals surface area contributed by atoms with Gasteiger partial charge in [0.05, 0.1) is 6.04 Å². The molecule has 0 unspecified atom stereocenters. The number of rotatable bonds is 7. The van der Waals surface area contributed by atoms with Crippen molar-refractivity contribution in [1.29, 1.82) is 0 Å². The van der Waals surface area contributed by atoms with Crippen LogP contribution in [-0.4, -0.2) is 16.0 Å². The summed E-state index contributed by atoms with van der Waals surface area (Å²) in [4.78, 5) is 16.3. The fraction of sp³-hybridized carbons (Fsp3) is 0.471.